The zero-order valence-electron chi connectivity index (χ0n) is 23.5. The fourth-order valence-electron chi connectivity index (χ4n) is 4.58. The fraction of sp³-hybridized carbons (Fsp3) is 1.00. The minimum atomic E-state index is 0.0375. The van der Waals surface area contributed by atoms with Crippen molar-refractivity contribution in [2.45, 2.75) is 175 Å². The topological polar surface area (TPSA) is 25.0 Å². The van der Waals surface area contributed by atoms with Gasteiger partial charge < -0.3 is 4.74 Å². The average molecular weight is 468 g/mol. The molecular weight excluding hydrogens is 406 g/mol. The van der Waals surface area contributed by atoms with Crippen LogP contribution in [0.3, 0.4) is 0 Å². The fourth-order valence-corrected chi connectivity index (χ4v) is 4.58. The van der Waals surface area contributed by atoms with Gasteiger partial charge in [-0.05, 0) is 31.1 Å². The number of rotatable bonds is 25. The molecule has 198 valence electrons. The molecule has 1 saturated heterocycles. The van der Waals surface area contributed by atoms with E-state index in [1.807, 2.05) is 0 Å². The molecule has 0 spiro atoms. The van der Waals surface area contributed by atoms with E-state index in [0.29, 0.717) is 11.5 Å². The maximum Gasteiger partial charge on any atom is 0.204 e. The molecule has 1 aliphatic rings. The van der Waals surface area contributed by atoms with Gasteiger partial charge in [-0.1, -0.05) is 137 Å². The standard InChI is InChI=1S/C30H61NO2/c1-6-9-11-13-18-22-26-31(27-23-19-14-12-10-7-2)33-29-28(32-29)24-20-16-15-17-21-25-30(4,5)8-3/h28-29H,6-27H2,1-5H3. The van der Waals surface area contributed by atoms with Gasteiger partial charge in [0.05, 0.1) is 0 Å². The first-order valence-corrected chi connectivity index (χ1v) is 15.1. The maximum atomic E-state index is 6.29. The Morgan fingerprint density at radius 2 is 1.12 bits per heavy atom. The summed E-state index contributed by atoms with van der Waals surface area (Å²) >= 11 is 0. The van der Waals surface area contributed by atoms with Crippen molar-refractivity contribution in [3.63, 3.8) is 0 Å². The van der Waals surface area contributed by atoms with Gasteiger partial charge in [0.2, 0.25) is 6.29 Å². The van der Waals surface area contributed by atoms with Gasteiger partial charge in [0.1, 0.15) is 6.10 Å². The lowest BCUT2D eigenvalue weighted by atomic mass is 9.84. The highest BCUT2D eigenvalue weighted by Crippen LogP contribution is 2.30. The lowest BCUT2D eigenvalue weighted by Gasteiger charge is -2.22. The Morgan fingerprint density at radius 1 is 0.636 bits per heavy atom. The quantitative estimate of drug-likeness (QED) is 0.0758. The van der Waals surface area contributed by atoms with Gasteiger partial charge in [-0.15, -0.1) is 0 Å². The molecule has 1 fully saturated rings. The highest BCUT2D eigenvalue weighted by atomic mass is 16.9. The number of unbranched alkanes of at least 4 members (excludes halogenated alkanes) is 14. The summed E-state index contributed by atoms with van der Waals surface area (Å²) in [6.07, 6.45) is 27.1. The summed E-state index contributed by atoms with van der Waals surface area (Å²) in [6, 6.07) is 0. The van der Waals surface area contributed by atoms with Crippen molar-refractivity contribution in [2.75, 3.05) is 13.1 Å². The minimum absolute atomic E-state index is 0.0375. The third kappa shape index (κ3) is 17.9. The molecule has 0 bridgehead atoms. The molecule has 1 aliphatic heterocycles. The van der Waals surface area contributed by atoms with E-state index in [-0.39, 0.29) is 6.29 Å². The summed E-state index contributed by atoms with van der Waals surface area (Å²) in [7, 11) is 0. The van der Waals surface area contributed by atoms with E-state index in [4.69, 9.17) is 9.57 Å². The van der Waals surface area contributed by atoms with Crippen LogP contribution < -0.4 is 0 Å². The molecule has 0 N–H and O–H groups in total. The first-order valence-electron chi connectivity index (χ1n) is 15.1. The van der Waals surface area contributed by atoms with Crippen molar-refractivity contribution >= 4 is 0 Å². The van der Waals surface area contributed by atoms with Crippen molar-refractivity contribution in [3.8, 4) is 0 Å². The summed E-state index contributed by atoms with van der Waals surface area (Å²) < 4.78 is 5.89. The molecule has 0 amide bonds. The number of nitrogens with zero attached hydrogens (tertiary/aromatic N) is 1. The summed E-state index contributed by atoms with van der Waals surface area (Å²) in [4.78, 5) is 6.29. The van der Waals surface area contributed by atoms with Gasteiger partial charge in [-0.2, -0.15) is 5.06 Å². The number of hydrogen-bond donors (Lipinski definition) is 0. The number of hydroxylamine groups is 2. The first kappa shape index (κ1) is 30.9. The van der Waals surface area contributed by atoms with Crippen LogP contribution in [0.25, 0.3) is 0 Å². The van der Waals surface area contributed by atoms with Crippen LogP contribution in [0, 0.1) is 5.41 Å². The van der Waals surface area contributed by atoms with Gasteiger partial charge in [0.25, 0.3) is 0 Å². The van der Waals surface area contributed by atoms with Crippen LogP contribution in [0.15, 0.2) is 0 Å². The normalized spacial score (nSPS) is 18.4. The predicted octanol–water partition coefficient (Wildman–Crippen LogP) is 9.83. The Kier molecular flexibility index (Phi) is 18.8. The van der Waals surface area contributed by atoms with Crippen molar-refractivity contribution in [1.29, 1.82) is 0 Å². The zero-order valence-corrected chi connectivity index (χ0v) is 23.5. The van der Waals surface area contributed by atoms with Crippen LogP contribution in [0.1, 0.15) is 163 Å². The molecule has 1 heterocycles. The Labute approximate surface area is 208 Å². The molecule has 0 aromatic rings. The lowest BCUT2D eigenvalue weighted by Crippen LogP contribution is -2.28. The van der Waals surface area contributed by atoms with E-state index >= 15 is 0 Å². The SMILES string of the molecule is CCCCCCCCN(CCCCCCCC)OC1OC1CCCCCCCC(C)(C)CC. The highest BCUT2D eigenvalue weighted by molar-refractivity contribution is 4.76. The van der Waals surface area contributed by atoms with Gasteiger partial charge >= 0.3 is 0 Å². The third-order valence-electron chi connectivity index (χ3n) is 7.61. The Balaban J connectivity index is 2.14. The Hall–Kier alpha value is -0.120. The van der Waals surface area contributed by atoms with Gasteiger partial charge in [0, 0.05) is 13.1 Å². The second kappa shape index (κ2) is 20.1. The zero-order chi connectivity index (χ0) is 24.2. The number of hydrogen-bond acceptors (Lipinski definition) is 3. The summed E-state index contributed by atoms with van der Waals surface area (Å²) in [5, 5.41) is 2.25. The van der Waals surface area contributed by atoms with Crippen LogP contribution in [0.4, 0.5) is 0 Å². The smallest absolute Gasteiger partial charge is 0.204 e. The van der Waals surface area contributed by atoms with Crippen LogP contribution in [-0.2, 0) is 9.57 Å². The van der Waals surface area contributed by atoms with Crippen molar-refractivity contribution in [2.24, 2.45) is 5.41 Å². The van der Waals surface area contributed by atoms with E-state index in [1.165, 1.54) is 128 Å². The average Bonchev–Trinajstić information content (AvgIpc) is 3.55. The van der Waals surface area contributed by atoms with Crippen LogP contribution in [0.5, 0.6) is 0 Å². The molecule has 3 nitrogen and oxygen atoms in total. The molecule has 1 rings (SSSR count). The second-order valence-corrected chi connectivity index (χ2v) is 11.4. The van der Waals surface area contributed by atoms with E-state index < -0.39 is 0 Å². The monoisotopic (exact) mass is 467 g/mol. The van der Waals surface area contributed by atoms with E-state index in [9.17, 15) is 0 Å². The molecule has 33 heavy (non-hydrogen) atoms. The molecule has 0 aromatic heterocycles. The molecule has 0 aliphatic carbocycles. The van der Waals surface area contributed by atoms with Crippen LogP contribution >= 0.6 is 0 Å². The van der Waals surface area contributed by atoms with Crippen LogP contribution in [0.2, 0.25) is 0 Å². The molecule has 2 unspecified atom stereocenters. The van der Waals surface area contributed by atoms with E-state index in [1.54, 1.807) is 0 Å². The lowest BCUT2D eigenvalue weighted by molar-refractivity contribution is -0.195. The van der Waals surface area contributed by atoms with Crippen molar-refractivity contribution in [3.05, 3.63) is 0 Å². The Morgan fingerprint density at radius 3 is 1.67 bits per heavy atom. The van der Waals surface area contributed by atoms with Gasteiger partial charge in [-0.3, -0.25) is 4.84 Å². The largest absolute Gasteiger partial charge is 0.340 e. The summed E-state index contributed by atoms with van der Waals surface area (Å²) in [5.41, 5.74) is 0.531. The van der Waals surface area contributed by atoms with Gasteiger partial charge in [-0.25, -0.2) is 0 Å². The molecule has 3 heteroatoms. The van der Waals surface area contributed by atoms with Crippen molar-refractivity contribution < 1.29 is 9.57 Å². The molecule has 0 aromatic carbocycles. The highest BCUT2D eigenvalue weighted by Gasteiger charge is 2.41. The molecule has 0 saturated carbocycles. The van der Waals surface area contributed by atoms with E-state index in [0.717, 1.165) is 13.1 Å². The predicted molar refractivity (Wildman–Crippen MR) is 144 cm³/mol. The maximum absolute atomic E-state index is 6.29. The second-order valence-electron chi connectivity index (χ2n) is 11.4. The number of ether oxygens (including phenoxy) is 1. The summed E-state index contributed by atoms with van der Waals surface area (Å²) in [5.74, 6) is 0. The van der Waals surface area contributed by atoms with E-state index in [2.05, 4.69) is 39.7 Å². The van der Waals surface area contributed by atoms with Crippen molar-refractivity contribution in [1.82, 2.24) is 5.06 Å². The minimum Gasteiger partial charge on any atom is -0.340 e. The summed E-state index contributed by atoms with van der Waals surface area (Å²) in [6.45, 7) is 13.8. The van der Waals surface area contributed by atoms with Crippen LogP contribution in [-0.4, -0.2) is 30.5 Å². The Bertz CT molecular complexity index is 410. The van der Waals surface area contributed by atoms with Gasteiger partial charge in [0.15, 0.2) is 0 Å². The third-order valence-corrected chi connectivity index (χ3v) is 7.61. The molecule has 0 radical (unpaired) electrons. The number of epoxide rings is 1. The molecular formula is C30H61NO2. The first-order chi connectivity index (χ1) is 16.0. The molecule has 2 atom stereocenters.